The van der Waals surface area contributed by atoms with Gasteiger partial charge in [0.2, 0.25) is 0 Å². The quantitative estimate of drug-likeness (QED) is 0.161. The fourth-order valence-electron chi connectivity index (χ4n) is 9.93. The summed E-state index contributed by atoms with van der Waals surface area (Å²) in [6.07, 6.45) is 0. The summed E-state index contributed by atoms with van der Waals surface area (Å²) in [5.41, 5.74) is 16.3. The molecule has 58 heavy (non-hydrogen) atoms. The Labute approximate surface area is 336 Å². The molecule has 0 N–H and O–H groups in total. The number of hydrogen-bond acceptors (Lipinski definition) is 1. The molecular weight excluding hydrogens is 701 g/mol. The number of benzene rings is 9. The van der Waals surface area contributed by atoms with E-state index in [2.05, 4.69) is 223 Å². The first-order chi connectivity index (χ1) is 28.8. The lowest BCUT2D eigenvalue weighted by atomic mass is 9.67. The molecule has 0 saturated heterocycles. The minimum Gasteiger partial charge on any atom is -0.309 e. The number of nitrogens with zero attached hydrogens (tertiary/aromatic N) is 2. The molecular formula is C56H36N2. The maximum absolute atomic E-state index is 5.39. The van der Waals surface area contributed by atoms with Gasteiger partial charge in [0.15, 0.2) is 0 Å². The lowest BCUT2D eigenvalue weighted by molar-refractivity contribution is 0.769. The molecule has 0 spiro atoms. The zero-order chi connectivity index (χ0) is 38.2. The Morgan fingerprint density at radius 1 is 0.345 bits per heavy atom. The minimum absolute atomic E-state index is 0.439. The summed E-state index contributed by atoms with van der Waals surface area (Å²) in [5.74, 6) is 0. The Bertz CT molecular complexity index is 3320. The molecule has 2 heteroatoms. The highest BCUT2D eigenvalue weighted by Gasteiger charge is 2.46. The molecule has 1 aliphatic rings. The number of aromatic nitrogens is 2. The minimum atomic E-state index is -0.439. The van der Waals surface area contributed by atoms with Crippen LogP contribution in [0.4, 0.5) is 0 Å². The van der Waals surface area contributed by atoms with E-state index in [1.54, 1.807) is 0 Å². The molecule has 11 aromatic rings. The van der Waals surface area contributed by atoms with Gasteiger partial charge in [-0.25, -0.2) is 4.98 Å². The van der Waals surface area contributed by atoms with Gasteiger partial charge in [0.05, 0.1) is 27.7 Å². The van der Waals surface area contributed by atoms with Crippen molar-refractivity contribution in [1.29, 1.82) is 0 Å². The van der Waals surface area contributed by atoms with Crippen molar-refractivity contribution >= 4 is 43.5 Å². The number of rotatable bonds is 5. The van der Waals surface area contributed by atoms with Crippen LogP contribution in [0.25, 0.3) is 82.7 Å². The smallest absolute Gasteiger partial charge is 0.0788 e. The summed E-state index contributed by atoms with van der Waals surface area (Å²) in [6.45, 7) is 0. The molecule has 0 saturated carbocycles. The van der Waals surface area contributed by atoms with Gasteiger partial charge in [-0.1, -0.05) is 176 Å². The van der Waals surface area contributed by atoms with E-state index in [4.69, 9.17) is 4.98 Å². The second kappa shape index (κ2) is 12.7. The first-order valence-corrected chi connectivity index (χ1v) is 20.0. The van der Waals surface area contributed by atoms with Crippen molar-refractivity contribution in [2.24, 2.45) is 0 Å². The van der Waals surface area contributed by atoms with Crippen LogP contribution in [-0.2, 0) is 5.41 Å². The second-order valence-corrected chi connectivity index (χ2v) is 15.4. The lowest BCUT2D eigenvalue weighted by Crippen LogP contribution is -2.28. The Balaban J connectivity index is 1.04. The molecule has 0 amide bonds. The Kier molecular flexibility index (Phi) is 7.18. The average molecular weight is 737 g/mol. The van der Waals surface area contributed by atoms with E-state index in [-0.39, 0.29) is 0 Å². The van der Waals surface area contributed by atoms with Crippen molar-refractivity contribution in [3.63, 3.8) is 0 Å². The van der Waals surface area contributed by atoms with E-state index < -0.39 is 5.41 Å². The molecule has 270 valence electrons. The topological polar surface area (TPSA) is 17.8 Å². The van der Waals surface area contributed by atoms with Crippen LogP contribution in [0.2, 0.25) is 0 Å². The molecule has 2 heterocycles. The summed E-state index contributed by atoms with van der Waals surface area (Å²) < 4.78 is 2.39. The van der Waals surface area contributed by atoms with Crippen LogP contribution in [0.15, 0.2) is 218 Å². The van der Waals surface area contributed by atoms with Gasteiger partial charge in [-0.15, -0.1) is 0 Å². The molecule has 0 unspecified atom stereocenters. The van der Waals surface area contributed by atoms with Gasteiger partial charge in [0, 0.05) is 32.8 Å². The maximum Gasteiger partial charge on any atom is 0.0788 e. The maximum atomic E-state index is 5.39. The van der Waals surface area contributed by atoms with Crippen molar-refractivity contribution in [3.8, 4) is 39.2 Å². The van der Waals surface area contributed by atoms with Gasteiger partial charge < -0.3 is 4.57 Å². The van der Waals surface area contributed by atoms with Crippen LogP contribution < -0.4 is 0 Å². The fourth-order valence-corrected chi connectivity index (χ4v) is 9.93. The summed E-state index contributed by atoms with van der Waals surface area (Å²) in [5, 5.41) is 6.01. The molecule has 0 atom stereocenters. The summed E-state index contributed by atoms with van der Waals surface area (Å²) in [4.78, 5) is 5.39. The molecule has 12 rings (SSSR count). The number of fused-ring (bicyclic) bond motifs is 9. The van der Waals surface area contributed by atoms with Crippen molar-refractivity contribution in [3.05, 3.63) is 241 Å². The van der Waals surface area contributed by atoms with Crippen LogP contribution in [-0.4, -0.2) is 9.55 Å². The van der Waals surface area contributed by atoms with E-state index in [9.17, 15) is 0 Å². The van der Waals surface area contributed by atoms with E-state index in [1.807, 2.05) is 0 Å². The summed E-state index contributed by atoms with van der Waals surface area (Å²) in [7, 11) is 0. The molecule has 0 bridgehead atoms. The van der Waals surface area contributed by atoms with Crippen molar-refractivity contribution in [2.75, 3.05) is 0 Å². The zero-order valence-electron chi connectivity index (χ0n) is 31.7. The van der Waals surface area contributed by atoms with Crippen LogP contribution in [0, 0.1) is 0 Å². The molecule has 1 aliphatic carbocycles. The molecule has 2 aromatic heterocycles. The third-order valence-corrected chi connectivity index (χ3v) is 12.5. The van der Waals surface area contributed by atoms with E-state index in [0.29, 0.717) is 0 Å². The van der Waals surface area contributed by atoms with E-state index >= 15 is 0 Å². The second-order valence-electron chi connectivity index (χ2n) is 15.4. The molecule has 0 aliphatic heterocycles. The molecule has 0 fully saturated rings. The molecule has 0 radical (unpaired) electrons. The third-order valence-electron chi connectivity index (χ3n) is 12.5. The summed E-state index contributed by atoms with van der Waals surface area (Å²) in [6, 6.07) is 79.8. The largest absolute Gasteiger partial charge is 0.309 e. The van der Waals surface area contributed by atoms with Gasteiger partial charge in [0.25, 0.3) is 0 Å². The predicted molar refractivity (Wildman–Crippen MR) is 242 cm³/mol. The van der Waals surface area contributed by atoms with Gasteiger partial charge in [-0.3, -0.25) is 0 Å². The monoisotopic (exact) mass is 736 g/mol. The SMILES string of the molecule is c1ccc(-n2c3ccccc3c3cc4c(cc32)c(-c2ccc(-c3ccc5c(c3)C(c3ccccc3)(c3ccccc3)c3ccccc3-5)cc2)nc2ccccc24)cc1. The van der Waals surface area contributed by atoms with Crippen LogP contribution in [0.1, 0.15) is 22.3 Å². The average Bonchev–Trinajstić information content (AvgIpc) is 3.79. The Morgan fingerprint density at radius 3 is 1.69 bits per heavy atom. The highest BCUT2D eigenvalue weighted by Crippen LogP contribution is 2.56. The first-order valence-electron chi connectivity index (χ1n) is 20.0. The number of pyridine rings is 1. The van der Waals surface area contributed by atoms with E-state index in [1.165, 1.54) is 71.7 Å². The highest BCUT2D eigenvalue weighted by atomic mass is 15.0. The standard InChI is InChI=1S/C56H36N2/c1-4-16-40(17-5-1)56(41-18-6-2-7-19-41)50-25-13-10-22-43(50)44-33-32-39(34-51(44)56)37-28-30-38(31-29-37)55-49-36-54-48(35-47(49)45-23-11-14-26-52(45)57-55)46-24-12-15-27-53(46)58(54)42-20-8-3-9-21-42/h1-36H. The van der Waals surface area contributed by atoms with E-state index in [0.717, 1.165) is 33.2 Å². The van der Waals surface area contributed by atoms with Crippen LogP contribution >= 0.6 is 0 Å². The van der Waals surface area contributed by atoms with Gasteiger partial charge in [0.1, 0.15) is 0 Å². The first kappa shape index (κ1) is 32.7. The van der Waals surface area contributed by atoms with Crippen molar-refractivity contribution < 1.29 is 0 Å². The lowest BCUT2D eigenvalue weighted by Gasteiger charge is -2.34. The van der Waals surface area contributed by atoms with Crippen molar-refractivity contribution in [1.82, 2.24) is 9.55 Å². The highest BCUT2D eigenvalue weighted by molar-refractivity contribution is 6.20. The normalized spacial score (nSPS) is 13.0. The van der Waals surface area contributed by atoms with Crippen LogP contribution in [0.5, 0.6) is 0 Å². The third kappa shape index (κ3) is 4.69. The number of hydrogen-bond donors (Lipinski definition) is 0. The summed E-state index contributed by atoms with van der Waals surface area (Å²) >= 11 is 0. The van der Waals surface area contributed by atoms with Gasteiger partial charge in [-0.05, 0) is 92.4 Å². The van der Waals surface area contributed by atoms with Crippen LogP contribution in [0.3, 0.4) is 0 Å². The Morgan fingerprint density at radius 2 is 0.931 bits per heavy atom. The Hall–Kier alpha value is -7.55. The number of para-hydroxylation sites is 3. The van der Waals surface area contributed by atoms with Gasteiger partial charge in [-0.2, -0.15) is 0 Å². The zero-order valence-corrected chi connectivity index (χ0v) is 31.7. The molecule has 9 aromatic carbocycles. The van der Waals surface area contributed by atoms with Crippen molar-refractivity contribution in [2.45, 2.75) is 5.41 Å². The fraction of sp³-hybridized carbons (Fsp3) is 0.0179. The predicted octanol–water partition coefficient (Wildman–Crippen LogP) is 14.2. The molecule has 2 nitrogen and oxygen atoms in total. The van der Waals surface area contributed by atoms with Gasteiger partial charge >= 0.3 is 0 Å².